The number of benzene rings is 1. The molecule has 4 heteroatoms. The van der Waals surface area contributed by atoms with E-state index in [1.54, 1.807) is 0 Å². The van der Waals surface area contributed by atoms with Crippen LogP contribution in [0.2, 0.25) is 5.02 Å². The van der Waals surface area contributed by atoms with Crippen molar-refractivity contribution in [2.75, 3.05) is 5.75 Å². The van der Waals surface area contributed by atoms with Gasteiger partial charge in [0.1, 0.15) is 0 Å². The molecular weight excluding hydrogens is 330 g/mol. The van der Waals surface area contributed by atoms with E-state index in [0.29, 0.717) is 6.04 Å². The maximum absolute atomic E-state index is 5.99. The minimum Gasteiger partial charge on any atom is -0.310 e. The van der Waals surface area contributed by atoms with Crippen LogP contribution >= 0.6 is 39.3 Å². The normalized spacial score (nSPS) is 23.5. The van der Waals surface area contributed by atoms with Crippen molar-refractivity contribution in [1.29, 1.82) is 0 Å². The summed E-state index contributed by atoms with van der Waals surface area (Å²) in [6.07, 6.45) is 3.99. The first-order chi connectivity index (χ1) is 8.69. The van der Waals surface area contributed by atoms with Crippen LogP contribution in [0, 0.1) is 0 Å². The topological polar surface area (TPSA) is 12.0 Å². The highest BCUT2D eigenvalue weighted by Crippen LogP contribution is 2.30. The van der Waals surface area contributed by atoms with E-state index in [0.717, 1.165) is 21.3 Å². The van der Waals surface area contributed by atoms with Crippen molar-refractivity contribution < 1.29 is 0 Å². The number of nitrogens with one attached hydrogen (secondary N) is 1. The lowest BCUT2D eigenvalue weighted by atomic mass is 10.2. The third-order valence-corrected chi connectivity index (χ3v) is 5.81. The number of rotatable bonds is 5. The summed E-state index contributed by atoms with van der Waals surface area (Å²) in [5, 5.41) is 5.30. The lowest BCUT2D eigenvalue weighted by molar-refractivity contribution is 0.525. The average Bonchev–Trinajstić information content (AvgIpc) is 2.79. The van der Waals surface area contributed by atoms with E-state index in [9.17, 15) is 0 Å². The van der Waals surface area contributed by atoms with Crippen LogP contribution in [0.25, 0.3) is 0 Å². The molecule has 100 valence electrons. The zero-order chi connectivity index (χ0) is 13.0. The van der Waals surface area contributed by atoms with Crippen molar-refractivity contribution in [2.45, 2.75) is 44.0 Å². The molecule has 1 aliphatic carbocycles. The van der Waals surface area contributed by atoms with Crippen LogP contribution in [0.4, 0.5) is 0 Å². The van der Waals surface area contributed by atoms with Gasteiger partial charge in [0.15, 0.2) is 0 Å². The van der Waals surface area contributed by atoms with E-state index in [1.807, 2.05) is 6.07 Å². The molecule has 0 amide bonds. The average molecular weight is 349 g/mol. The smallest absolute Gasteiger partial charge is 0.0548 e. The van der Waals surface area contributed by atoms with Gasteiger partial charge in [-0.05, 0) is 58.6 Å². The van der Waals surface area contributed by atoms with E-state index in [2.05, 4.69) is 52.1 Å². The second-order valence-corrected chi connectivity index (χ2v) is 7.56. The Morgan fingerprint density at radius 2 is 2.28 bits per heavy atom. The Morgan fingerprint density at radius 1 is 1.44 bits per heavy atom. The van der Waals surface area contributed by atoms with E-state index in [-0.39, 0.29) is 0 Å². The van der Waals surface area contributed by atoms with Crippen molar-refractivity contribution >= 4 is 39.3 Å². The Labute approximate surface area is 127 Å². The van der Waals surface area contributed by atoms with Crippen LogP contribution in [-0.4, -0.2) is 17.0 Å². The van der Waals surface area contributed by atoms with Crippen molar-refractivity contribution in [3.63, 3.8) is 0 Å². The minimum atomic E-state index is 0.684. The molecule has 1 aliphatic rings. The van der Waals surface area contributed by atoms with Gasteiger partial charge in [-0.3, -0.25) is 0 Å². The summed E-state index contributed by atoms with van der Waals surface area (Å²) in [6.45, 7) is 3.18. The predicted octanol–water partition coefficient (Wildman–Crippen LogP) is 4.87. The molecule has 1 saturated carbocycles. The molecule has 18 heavy (non-hydrogen) atoms. The van der Waals surface area contributed by atoms with E-state index < -0.39 is 0 Å². The standard InChI is InChI=1S/C14H19BrClNS/c1-2-18-12-5-4-11(8-12)17-9-10-3-6-14(16)13(15)7-10/h3,6-7,11-12,17H,2,4-5,8-9H2,1H3. The van der Waals surface area contributed by atoms with Gasteiger partial charge >= 0.3 is 0 Å². The fourth-order valence-corrected chi connectivity index (χ4v) is 4.11. The number of hydrogen-bond acceptors (Lipinski definition) is 2. The Bertz CT molecular complexity index is 399. The molecule has 0 radical (unpaired) electrons. The second-order valence-electron chi connectivity index (χ2n) is 4.72. The summed E-state index contributed by atoms with van der Waals surface area (Å²) < 4.78 is 0.981. The van der Waals surface area contributed by atoms with Gasteiger partial charge in [-0.15, -0.1) is 0 Å². The Balaban J connectivity index is 1.80. The van der Waals surface area contributed by atoms with Crippen LogP contribution in [0.15, 0.2) is 22.7 Å². The Morgan fingerprint density at radius 3 is 3.00 bits per heavy atom. The van der Waals surface area contributed by atoms with Gasteiger partial charge in [0.2, 0.25) is 0 Å². The molecule has 2 rings (SSSR count). The predicted molar refractivity (Wildman–Crippen MR) is 85.6 cm³/mol. The Hall–Kier alpha value is 0.300. The van der Waals surface area contributed by atoms with Crippen molar-refractivity contribution in [3.05, 3.63) is 33.3 Å². The maximum Gasteiger partial charge on any atom is 0.0548 e. The molecule has 0 heterocycles. The van der Waals surface area contributed by atoms with Crippen LogP contribution < -0.4 is 5.32 Å². The van der Waals surface area contributed by atoms with Gasteiger partial charge in [0.25, 0.3) is 0 Å². The molecule has 2 unspecified atom stereocenters. The molecule has 0 aliphatic heterocycles. The number of thioether (sulfide) groups is 1. The van der Waals surface area contributed by atoms with Gasteiger partial charge in [0, 0.05) is 22.3 Å². The summed E-state index contributed by atoms with van der Waals surface area (Å²) in [5.74, 6) is 1.24. The van der Waals surface area contributed by atoms with Gasteiger partial charge in [0.05, 0.1) is 5.02 Å². The molecule has 0 spiro atoms. The number of halogens is 2. The molecule has 2 atom stereocenters. The summed E-state index contributed by atoms with van der Waals surface area (Å²) in [4.78, 5) is 0. The van der Waals surface area contributed by atoms with E-state index in [1.165, 1.54) is 30.6 Å². The van der Waals surface area contributed by atoms with E-state index in [4.69, 9.17) is 11.6 Å². The van der Waals surface area contributed by atoms with Crippen molar-refractivity contribution in [1.82, 2.24) is 5.32 Å². The fourth-order valence-electron chi connectivity index (χ4n) is 2.42. The highest BCUT2D eigenvalue weighted by Gasteiger charge is 2.23. The maximum atomic E-state index is 5.99. The summed E-state index contributed by atoms with van der Waals surface area (Å²) in [7, 11) is 0. The van der Waals surface area contributed by atoms with E-state index >= 15 is 0 Å². The molecule has 0 saturated heterocycles. The molecule has 0 aromatic heterocycles. The Kier molecular flexibility index (Phi) is 5.87. The molecule has 1 N–H and O–H groups in total. The zero-order valence-electron chi connectivity index (χ0n) is 10.6. The number of hydrogen-bond donors (Lipinski definition) is 1. The monoisotopic (exact) mass is 347 g/mol. The molecule has 1 nitrogen and oxygen atoms in total. The van der Waals surface area contributed by atoms with Gasteiger partial charge in [-0.2, -0.15) is 11.8 Å². The fraction of sp³-hybridized carbons (Fsp3) is 0.571. The lowest BCUT2D eigenvalue weighted by Crippen LogP contribution is -2.26. The summed E-state index contributed by atoms with van der Waals surface area (Å²) in [6, 6.07) is 6.83. The SMILES string of the molecule is CCSC1CCC(NCc2ccc(Cl)c(Br)c2)C1. The largest absolute Gasteiger partial charge is 0.310 e. The highest BCUT2D eigenvalue weighted by molar-refractivity contribution is 9.10. The summed E-state index contributed by atoms with van der Waals surface area (Å²) >= 11 is 11.6. The first-order valence-electron chi connectivity index (χ1n) is 6.48. The van der Waals surface area contributed by atoms with Crippen molar-refractivity contribution in [2.24, 2.45) is 0 Å². The van der Waals surface area contributed by atoms with Crippen molar-refractivity contribution in [3.8, 4) is 0 Å². The van der Waals surface area contributed by atoms with Gasteiger partial charge in [-0.25, -0.2) is 0 Å². The third-order valence-electron chi connectivity index (χ3n) is 3.37. The van der Waals surface area contributed by atoms with Crippen LogP contribution in [0.3, 0.4) is 0 Å². The quantitative estimate of drug-likeness (QED) is 0.815. The molecule has 1 fully saturated rings. The molecule has 1 aromatic rings. The van der Waals surface area contributed by atoms with Gasteiger partial charge < -0.3 is 5.32 Å². The first kappa shape index (κ1) is 14.7. The molecular formula is C14H19BrClNS. The first-order valence-corrected chi connectivity index (χ1v) is 8.70. The third kappa shape index (κ3) is 4.16. The zero-order valence-corrected chi connectivity index (χ0v) is 13.7. The second kappa shape index (κ2) is 7.18. The summed E-state index contributed by atoms with van der Waals surface area (Å²) in [5.41, 5.74) is 1.29. The van der Waals surface area contributed by atoms with Crippen LogP contribution in [0.5, 0.6) is 0 Å². The van der Waals surface area contributed by atoms with Gasteiger partial charge in [-0.1, -0.05) is 24.6 Å². The highest BCUT2D eigenvalue weighted by atomic mass is 79.9. The minimum absolute atomic E-state index is 0.684. The van der Waals surface area contributed by atoms with Crippen LogP contribution in [0.1, 0.15) is 31.7 Å². The lowest BCUT2D eigenvalue weighted by Gasteiger charge is -2.13. The molecule has 0 bridgehead atoms. The van der Waals surface area contributed by atoms with Crippen LogP contribution in [-0.2, 0) is 6.54 Å². The molecule has 1 aromatic carbocycles.